The Hall–Kier alpha value is -1.21. The molecule has 2 aromatic heterocycles. The number of thiophene rings is 2. The minimum absolute atomic E-state index is 0.381. The number of fused-ring (bicyclic) bond motifs is 2. The van der Waals surface area contributed by atoms with Crippen LogP contribution in [0.2, 0.25) is 0 Å². The summed E-state index contributed by atoms with van der Waals surface area (Å²) < 4.78 is 4.51. The van der Waals surface area contributed by atoms with E-state index in [4.69, 9.17) is 5.11 Å². The molecule has 2 nitrogen and oxygen atoms in total. The zero-order valence-corrected chi connectivity index (χ0v) is 18.3. The van der Waals surface area contributed by atoms with Crippen LogP contribution in [0.1, 0.15) is 20.8 Å². The number of rotatable bonds is 1. The van der Waals surface area contributed by atoms with Gasteiger partial charge >= 0.3 is 5.97 Å². The Morgan fingerprint density at radius 1 is 0.920 bits per heavy atom. The van der Waals surface area contributed by atoms with E-state index in [0.717, 1.165) is 20.1 Å². The fraction of sp³-hybridized carbons (Fsp3) is 0.105. The van der Waals surface area contributed by atoms with E-state index in [1.807, 2.05) is 19.1 Å². The summed E-state index contributed by atoms with van der Waals surface area (Å²) in [5, 5.41) is 13.3. The maximum Gasteiger partial charge on any atom is 0.345 e. The second-order valence-corrected chi connectivity index (χ2v) is 9.34. The Labute approximate surface area is 170 Å². The Bertz CT molecular complexity index is 1080. The van der Waals surface area contributed by atoms with E-state index in [-0.39, 0.29) is 0 Å². The van der Waals surface area contributed by atoms with Gasteiger partial charge in [0.25, 0.3) is 0 Å². The lowest BCUT2D eigenvalue weighted by Crippen LogP contribution is -1.89. The number of hydrogen-bond acceptors (Lipinski definition) is 3. The van der Waals surface area contributed by atoms with Crippen molar-refractivity contribution in [1.82, 2.24) is 0 Å². The maximum absolute atomic E-state index is 10.8. The molecular formula is C19H14Br2O2S2. The van der Waals surface area contributed by atoms with E-state index < -0.39 is 5.97 Å². The van der Waals surface area contributed by atoms with Crippen molar-refractivity contribution in [3.05, 3.63) is 66.7 Å². The lowest BCUT2D eigenvalue weighted by atomic mass is 10.2. The molecule has 1 N–H and O–H groups in total. The lowest BCUT2D eigenvalue weighted by molar-refractivity contribution is 0.0702. The molecule has 0 aliphatic rings. The molecule has 128 valence electrons. The number of carboxylic acid groups (broad SMARTS) is 1. The van der Waals surface area contributed by atoms with Gasteiger partial charge in [-0.05, 0) is 97.3 Å². The minimum Gasteiger partial charge on any atom is -0.477 e. The van der Waals surface area contributed by atoms with Crippen molar-refractivity contribution in [2.75, 3.05) is 0 Å². The van der Waals surface area contributed by atoms with Crippen LogP contribution in [0.15, 0.2) is 50.7 Å². The van der Waals surface area contributed by atoms with E-state index in [1.54, 1.807) is 17.4 Å². The van der Waals surface area contributed by atoms with Crippen molar-refractivity contribution >= 4 is 80.7 Å². The Morgan fingerprint density at radius 3 is 2.16 bits per heavy atom. The third-order valence-corrected chi connectivity index (χ3v) is 7.49. The van der Waals surface area contributed by atoms with Crippen molar-refractivity contribution in [1.29, 1.82) is 0 Å². The first-order valence-corrected chi connectivity index (χ1v) is 10.7. The molecular weight excluding hydrogens is 484 g/mol. The lowest BCUT2D eigenvalue weighted by Gasteiger charge is -1.95. The highest BCUT2D eigenvalue weighted by molar-refractivity contribution is 9.11. The molecule has 0 unspecified atom stereocenters. The molecule has 0 spiro atoms. The SMILES string of the molecule is Cc1cc(Br)c2sc(C(=O)O)cc2c1.Cc1cc(Br)c2sccc2c1. The molecule has 25 heavy (non-hydrogen) atoms. The number of carboxylic acids is 1. The van der Waals surface area contributed by atoms with Crippen LogP contribution in [0.5, 0.6) is 0 Å². The summed E-state index contributed by atoms with van der Waals surface area (Å²) in [5.41, 5.74) is 2.43. The fourth-order valence-electron chi connectivity index (χ4n) is 2.54. The minimum atomic E-state index is -0.865. The average Bonchev–Trinajstić information content (AvgIpc) is 3.14. The maximum atomic E-state index is 10.8. The number of aryl methyl sites for hydroxylation is 2. The van der Waals surface area contributed by atoms with E-state index in [2.05, 4.69) is 62.4 Å². The first-order valence-electron chi connectivity index (χ1n) is 7.41. The quantitative estimate of drug-likeness (QED) is 0.293. The molecule has 0 aliphatic carbocycles. The summed E-state index contributed by atoms with van der Waals surface area (Å²) in [7, 11) is 0. The molecule has 0 fully saturated rings. The highest BCUT2D eigenvalue weighted by atomic mass is 79.9. The molecule has 0 atom stereocenters. The predicted octanol–water partition coefficient (Wildman–Crippen LogP) is 7.64. The van der Waals surface area contributed by atoms with Gasteiger partial charge in [-0.1, -0.05) is 12.1 Å². The normalized spacial score (nSPS) is 10.7. The van der Waals surface area contributed by atoms with Crippen LogP contribution in [-0.4, -0.2) is 11.1 Å². The topological polar surface area (TPSA) is 37.3 Å². The van der Waals surface area contributed by atoms with E-state index >= 15 is 0 Å². The van der Waals surface area contributed by atoms with Crippen molar-refractivity contribution in [3.63, 3.8) is 0 Å². The van der Waals surface area contributed by atoms with Crippen molar-refractivity contribution in [2.24, 2.45) is 0 Å². The van der Waals surface area contributed by atoms with E-state index in [1.165, 1.54) is 31.5 Å². The number of carbonyl (C=O) groups is 1. The molecule has 2 aromatic carbocycles. The summed E-state index contributed by atoms with van der Waals surface area (Å²) in [4.78, 5) is 11.1. The van der Waals surface area contributed by atoms with Crippen LogP contribution < -0.4 is 0 Å². The predicted molar refractivity (Wildman–Crippen MR) is 115 cm³/mol. The van der Waals surface area contributed by atoms with Crippen LogP contribution in [-0.2, 0) is 0 Å². The molecule has 2 heterocycles. The molecule has 0 radical (unpaired) electrons. The Kier molecular flexibility index (Phi) is 5.63. The third kappa shape index (κ3) is 4.14. The number of halogens is 2. The molecule has 0 bridgehead atoms. The molecule has 0 saturated carbocycles. The van der Waals surface area contributed by atoms with Crippen LogP contribution in [0, 0.1) is 13.8 Å². The molecule has 6 heteroatoms. The highest BCUT2D eigenvalue weighted by Gasteiger charge is 2.10. The molecule has 4 rings (SSSR count). The smallest absolute Gasteiger partial charge is 0.345 e. The van der Waals surface area contributed by atoms with Crippen molar-refractivity contribution in [2.45, 2.75) is 13.8 Å². The molecule has 0 aliphatic heterocycles. The average molecular weight is 498 g/mol. The van der Waals surface area contributed by atoms with Crippen LogP contribution >= 0.6 is 54.5 Å². The van der Waals surface area contributed by atoms with Gasteiger partial charge < -0.3 is 5.11 Å². The van der Waals surface area contributed by atoms with Crippen LogP contribution in [0.3, 0.4) is 0 Å². The number of benzene rings is 2. The van der Waals surface area contributed by atoms with Crippen LogP contribution in [0.4, 0.5) is 0 Å². The monoisotopic (exact) mass is 496 g/mol. The van der Waals surface area contributed by atoms with Gasteiger partial charge in [-0.3, -0.25) is 0 Å². The fourth-order valence-corrected chi connectivity index (χ4v) is 5.91. The van der Waals surface area contributed by atoms with Gasteiger partial charge in [-0.2, -0.15) is 0 Å². The van der Waals surface area contributed by atoms with Crippen molar-refractivity contribution < 1.29 is 9.90 Å². The van der Waals surface area contributed by atoms with Gasteiger partial charge in [0.05, 0.1) is 0 Å². The Morgan fingerprint density at radius 2 is 1.52 bits per heavy atom. The summed E-state index contributed by atoms with van der Waals surface area (Å²) in [6.45, 7) is 4.10. The summed E-state index contributed by atoms with van der Waals surface area (Å²) >= 11 is 10.0. The van der Waals surface area contributed by atoms with Gasteiger partial charge in [0.1, 0.15) is 4.88 Å². The summed E-state index contributed by atoms with van der Waals surface area (Å²) in [6, 6.07) is 12.2. The van der Waals surface area contributed by atoms with E-state index in [9.17, 15) is 4.79 Å². The first-order chi connectivity index (χ1) is 11.8. The standard InChI is InChI=1S/C10H7BrO2S.C9H7BrS/c1-5-2-6-4-8(10(12)13)14-9(6)7(11)3-5;1-6-4-7-2-3-11-9(7)8(10)5-6/h2-4H,1H3,(H,12,13);2-5H,1H3. The zero-order chi connectivity index (χ0) is 18.1. The zero-order valence-electron chi connectivity index (χ0n) is 13.5. The molecule has 0 amide bonds. The number of hydrogen-bond donors (Lipinski definition) is 1. The second-order valence-electron chi connectivity index (χ2n) is 5.67. The van der Waals surface area contributed by atoms with Crippen LogP contribution in [0.25, 0.3) is 20.2 Å². The summed E-state index contributed by atoms with van der Waals surface area (Å²) in [5.74, 6) is -0.865. The van der Waals surface area contributed by atoms with Crippen molar-refractivity contribution in [3.8, 4) is 0 Å². The largest absolute Gasteiger partial charge is 0.477 e. The van der Waals surface area contributed by atoms with Gasteiger partial charge in [0.15, 0.2) is 0 Å². The van der Waals surface area contributed by atoms with Gasteiger partial charge in [0.2, 0.25) is 0 Å². The number of aromatic carboxylic acids is 1. The first kappa shape index (κ1) is 18.6. The second kappa shape index (κ2) is 7.58. The van der Waals surface area contributed by atoms with Gasteiger partial charge in [-0.15, -0.1) is 22.7 Å². The highest BCUT2D eigenvalue weighted by Crippen LogP contribution is 2.33. The van der Waals surface area contributed by atoms with E-state index in [0.29, 0.717) is 4.88 Å². The van der Waals surface area contributed by atoms with Gasteiger partial charge in [-0.25, -0.2) is 4.79 Å². The van der Waals surface area contributed by atoms with Gasteiger partial charge in [0, 0.05) is 18.3 Å². The molecule has 0 saturated heterocycles. The third-order valence-electron chi connectivity index (χ3n) is 3.58. The molecule has 4 aromatic rings. The Balaban J connectivity index is 0.000000150. The summed E-state index contributed by atoms with van der Waals surface area (Å²) in [6.07, 6.45) is 0.